The van der Waals surface area contributed by atoms with Crippen molar-refractivity contribution >= 4 is 27.5 Å². The molecule has 0 aromatic heterocycles. The molecule has 0 radical (unpaired) electrons. The summed E-state index contributed by atoms with van der Waals surface area (Å²) in [6, 6.07) is 14.5. The number of alkyl halides is 1. The van der Waals surface area contributed by atoms with Crippen LogP contribution >= 0.6 is 27.5 Å². The Bertz CT molecular complexity index is 597. The maximum Gasteiger partial charge on any atom is 0.137 e. The highest BCUT2D eigenvalue weighted by molar-refractivity contribution is 9.08. The normalized spacial score (nSPS) is 16.6. The van der Waals surface area contributed by atoms with Crippen molar-refractivity contribution in [3.8, 4) is 5.75 Å². The number of hydrogen-bond donors (Lipinski definition) is 0. The SMILES string of the molecule is Clc1cc(CBr)ccc1OCC1Cc2ccccc21. The molecule has 1 aliphatic rings. The van der Waals surface area contributed by atoms with Gasteiger partial charge in [0, 0.05) is 11.2 Å². The Labute approximate surface area is 126 Å². The molecule has 0 bridgehead atoms. The van der Waals surface area contributed by atoms with Gasteiger partial charge in [0.25, 0.3) is 0 Å². The van der Waals surface area contributed by atoms with E-state index in [1.807, 2.05) is 18.2 Å². The molecular weight excluding hydrogens is 324 g/mol. The van der Waals surface area contributed by atoms with Gasteiger partial charge in [-0.3, -0.25) is 0 Å². The molecule has 0 amide bonds. The number of benzene rings is 2. The van der Waals surface area contributed by atoms with Crippen molar-refractivity contribution in [2.75, 3.05) is 6.61 Å². The summed E-state index contributed by atoms with van der Waals surface area (Å²) < 4.78 is 5.85. The van der Waals surface area contributed by atoms with E-state index in [-0.39, 0.29) is 0 Å². The molecule has 2 aromatic rings. The van der Waals surface area contributed by atoms with E-state index in [0.717, 1.165) is 23.1 Å². The van der Waals surface area contributed by atoms with E-state index in [2.05, 4.69) is 40.2 Å². The molecule has 2 aromatic carbocycles. The molecule has 3 heteroatoms. The van der Waals surface area contributed by atoms with Crippen molar-refractivity contribution < 1.29 is 4.74 Å². The van der Waals surface area contributed by atoms with Crippen LogP contribution in [0.1, 0.15) is 22.6 Å². The Balaban J connectivity index is 1.65. The predicted octanol–water partition coefficient (Wildman–Crippen LogP) is 4.95. The van der Waals surface area contributed by atoms with Crippen molar-refractivity contribution in [2.24, 2.45) is 0 Å². The molecular formula is C16H14BrClO. The second-order valence-corrected chi connectivity index (χ2v) is 5.78. The van der Waals surface area contributed by atoms with Gasteiger partial charge in [-0.05, 0) is 35.2 Å². The van der Waals surface area contributed by atoms with Crippen LogP contribution in [0.15, 0.2) is 42.5 Å². The van der Waals surface area contributed by atoms with Crippen LogP contribution in [0.5, 0.6) is 5.75 Å². The summed E-state index contributed by atoms with van der Waals surface area (Å²) in [6.45, 7) is 0.699. The van der Waals surface area contributed by atoms with Gasteiger partial charge in [-0.1, -0.05) is 57.9 Å². The molecule has 1 unspecified atom stereocenters. The summed E-state index contributed by atoms with van der Waals surface area (Å²) in [5.41, 5.74) is 4.01. The van der Waals surface area contributed by atoms with Crippen molar-refractivity contribution in [2.45, 2.75) is 17.7 Å². The highest BCUT2D eigenvalue weighted by atomic mass is 79.9. The zero-order valence-corrected chi connectivity index (χ0v) is 12.7. The molecule has 98 valence electrons. The fourth-order valence-electron chi connectivity index (χ4n) is 2.45. The molecule has 0 fully saturated rings. The average Bonchev–Trinajstić information content (AvgIpc) is 2.41. The lowest BCUT2D eigenvalue weighted by Gasteiger charge is -2.30. The van der Waals surface area contributed by atoms with E-state index in [1.54, 1.807) is 0 Å². The standard InChI is InChI=1S/C16H14BrClO/c17-9-11-5-6-16(15(18)7-11)19-10-13-8-12-3-1-2-4-14(12)13/h1-7,13H,8-10H2. The molecule has 19 heavy (non-hydrogen) atoms. The Morgan fingerprint density at radius 1 is 1.21 bits per heavy atom. The fraction of sp³-hybridized carbons (Fsp3) is 0.250. The van der Waals surface area contributed by atoms with Gasteiger partial charge in [-0.25, -0.2) is 0 Å². The fourth-order valence-corrected chi connectivity index (χ4v) is 3.05. The monoisotopic (exact) mass is 336 g/mol. The lowest BCUT2D eigenvalue weighted by molar-refractivity contribution is 0.275. The van der Waals surface area contributed by atoms with Crippen LogP contribution in [0.4, 0.5) is 0 Å². The van der Waals surface area contributed by atoms with Crippen LogP contribution in [0.2, 0.25) is 5.02 Å². The molecule has 0 saturated heterocycles. The topological polar surface area (TPSA) is 9.23 Å². The number of rotatable bonds is 4. The Hall–Kier alpha value is -0.990. The smallest absolute Gasteiger partial charge is 0.137 e. The molecule has 0 N–H and O–H groups in total. The first kappa shape index (κ1) is 13.0. The summed E-state index contributed by atoms with van der Waals surface area (Å²) in [4.78, 5) is 0. The average molecular weight is 338 g/mol. The quantitative estimate of drug-likeness (QED) is 0.717. The van der Waals surface area contributed by atoms with Gasteiger partial charge in [0.15, 0.2) is 0 Å². The molecule has 1 aliphatic carbocycles. The summed E-state index contributed by atoms with van der Waals surface area (Å²) >= 11 is 9.62. The van der Waals surface area contributed by atoms with Crippen LogP contribution < -0.4 is 4.74 Å². The first-order valence-electron chi connectivity index (χ1n) is 6.33. The molecule has 3 rings (SSSR count). The van der Waals surface area contributed by atoms with Crippen LogP contribution in [0.3, 0.4) is 0 Å². The van der Waals surface area contributed by atoms with Crippen LogP contribution in [0.25, 0.3) is 0 Å². The maximum atomic E-state index is 6.21. The van der Waals surface area contributed by atoms with Crippen LogP contribution in [-0.4, -0.2) is 6.61 Å². The Morgan fingerprint density at radius 3 is 2.79 bits per heavy atom. The van der Waals surface area contributed by atoms with Crippen molar-refractivity contribution in [3.05, 3.63) is 64.2 Å². The van der Waals surface area contributed by atoms with E-state index in [4.69, 9.17) is 16.3 Å². The van der Waals surface area contributed by atoms with Crippen molar-refractivity contribution in [1.82, 2.24) is 0 Å². The second kappa shape index (κ2) is 5.56. The van der Waals surface area contributed by atoms with Gasteiger partial charge >= 0.3 is 0 Å². The third kappa shape index (κ3) is 2.65. The van der Waals surface area contributed by atoms with Gasteiger partial charge in [0.2, 0.25) is 0 Å². The predicted molar refractivity (Wildman–Crippen MR) is 82.5 cm³/mol. The summed E-state index contributed by atoms with van der Waals surface area (Å²) in [5, 5.41) is 1.49. The first-order chi connectivity index (χ1) is 9.28. The number of fused-ring (bicyclic) bond motifs is 1. The first-order valence-corrected chi connectivity index (χ1v) is 7.83. The van der Waals surface area contributed by atoms with Crippen molar-refractivity contribution in [3.63, 3.8) is 0 Å². The van der Waals surface area contributed by atoms with Gasteiger partial charge in [0.1, 0.15) is 5.75 Å². The maximum absolute atomic E-state index is 6.21. The van der Waals surface area contributed by atoms with E-state index < -0.39 is 0 Å². The van der Waals surface area contributed by atoms with E-state index >= 15 is 0 Å². The Morgan fingerprint density at radius 2 is 2.05 bits per heavy atom. The number of ether oxygens (including phenoxy) is 1. The van der Waals surface area contributed by atoms with E-state index in [1.165, 1.54) is 11.1 Å². The lowest BCUT2D eigenvalue weighted by atomic mass is 9.78. The molecule has 1 atom stereocenters. The minimum atomic E-state index is 0.503. The minimum absolute atomic E-state index is 0.503. The van der Waals surface area contributed by atoms with Gasteiger partial charge in [-0.15, -0.1) is 0 Å². The molecule has 0 spiro atoms. The van der Waals surface area contributed by atoms with E-state index in [0.29, 0.717) is 17.5 Å². The highest BCUT2D eigenvalue weighted by Crippen LogP contribution is 2.36. The third-order valence-corrected chi connectivity index (χ3v) is 4.49. The number of halogens is 2. The molecule has 0 heterocycles. The summed E-state index contributed by atoms with van der Waals surface area (Å²) in [7, 11) is 0. The zero-order valence-electron chi connectivity index (χ0n) is 10.4. The summed E-state index contributed by atoms with van der Waals surface area (Å²) in [6.07, 6.45) is 1.10. The Kier molecular flexibility index (Phi) is 3.81. The zero-order chi connectivity index (χ0) is 13.2. The van der Waals surface area contributed by atoms with Crippen molar-refractivity contribution in [1.29, 1.82) is 0 Å². The van der Waals surface area contributed by atoms with Gasteiger partial charge < -0.3 is 4.74 Å². The number of hydrogen-bond acceptors (Lipinski definition) is 1. The lowest BCUT2D eigenvalue weighted by Crippen LogP contribution is -2.23. The van der Waals surface area contributed by atoms with Gasteiger partial charge in [0.05, 0.1) is 11.6 Å². The third-order valence-electron chi connectivity index (χ3n) is 3.55. The largest absolute Gasteiger partial charge is 0.491 e. The second-order valence-electron chi connectivity index (χ2n) is 4.81. The minimum Gasteiger partial charge on any atom is -0.491 e. The molecule has 0 aliphatic heterocycles. The van der Waals surface area contributed by atoms with Crippen LogP contribution in [0, 0.1) is 0 Å². The highest BCUT2D eigenvalue weighted by Gasteiger charge is 2.25. The molecule has 1 nitrogen and oxygen atoms in total. The summed E-state index contributed by atoms with van der Waals surface area (Å²) in [5.74, 6) is 1.28. The van der Waals surface area contributed by atoms with Gasteiger partial charge in [-0.2, -0.15) is 0 Å². The van der Waals surface area contributed by atoms with E-state index in [9.17, 15) is 0 Å². The van der Waals surface area contributed by atoms with Crippen LogP contribution in [-0.2, 0) is 11.8 Å². The molecule has 0 saturated carbocycles.